The quantitative estimate of drug-likeness (QED) is 0.897. The average Bonchev–Trinajstić information content (AvgIpc) is 2.34. The molecule has 1 atom stereocenters. The topological polar surface area (TPSA) is 49.4 Å². The summed E-state index contributed by atoms with van der Waals surface area (Å²) in [5, 5.41) is 0. The van der Waals surface area contributed by atoms with Gasteiger partial charge in [0.05, 0.1) is 5.69 Å². The lowest BCUT2D eigenvalue weighted by Crippen LogP contribution is -2.42. The molecule has 1 aromatic rings. The fourth-order valence-corrected chi connectivity index (χ4v) is 4.99. The fraction of sp³-hybridized carbons (Fsp3) is 0.571. The zero-order chi connectivity index (χ0) is 14.9. The highest BCUT2D eigenvalue weighted by Crippen LogP contribution is 2.30. The van der Waals surface area contributed by atoms with Gasteiger partial charge in [-0.1, -0.05) is 13.0 Å². The monoisotopic (exact) mass is 360 g/mol. The minimum atomic E-state index is -3.47. The van der Waals surface area contributed by atoms with E-state index in [-0.39, 0.29) is 0 Å². The predicted molar refractivity (Wildman–Crippen MR) is 86.1 cm³/mol. The summed E-state index contributed by atoms with van der Waals surface area (Å²) in [6.07, 6.45) is 2.02. The van der Waals surface area contributed by atoms with Gasteiger partial charge in [-0.25, -0.2) is 0 Å². The number of piperidine rings is 1. The first-order chi connectivity index (χ1) is 9.29. The summed E-state index contributed by atoms with van der Waals surface area (Å²) in [7, 11) is -3.47. The Balaban J connectivity index is 2.24. The standard InChI is InChI=1S/C14H21BrN2O2S/c1-10-5-4-6-17(9-10)20(18,19)16-14-12(3)7-11(2)8-13(14)15/h7-8,10,16H,4-6,9H2,1-3H3. The van der Waals surface area contributed by atoms with Crippen LogP contribution in [0.1, 0.15) is 30.9 Å². The zero-order valence-electron chi connectivity index (χ0n) is 12.1. The van der Waals surface area contributed by atoms with Gasteiger partial charge in [0.1, 0.15) is 0 Å². The SMILES string of the molecule is Cc1cc(C)c(NS(=O)(=O)N2CCCC(C)C2)c(Br)c1. The largest absolute Gasteiger partial charge is 0.301 e. The molecule has 1 N–H and O–H groups in total. The van der Waals surface area contributed by atoms with Crippen molar-refractivity contribution in [2.24, 2.45) is 5.92 Å². The number of rotatable bonds is 3. The molecule has 1 saturated heterocycles. The third kappa shape index (κ3) is 3.54. The average molecular weight is 361 g/mol. The van der Waals surface area contributed by atoms with E-state index in [0.29, 0.717) is 24.7 Å². The molecule has 6 heteroatoms. The second-order valence-electron chi connectivity index (χ2n) is 5.65. The Bertz CT molecular complexity index is 578. The Morgan fingerprint density at radius 2 is 2.05 bits per heavy atom. The van der Waals surface area contributed by atoms with Crippen LogP contribution in [0.4, 0.5) is 5.69 Å². The first kappa shape index (κ1) is 15.8. The van der Waals surface area contributed by atoms with Gasteiger partial charge in [0.15, 0.2) is 0 Å². The highest BCUT2D eigenvalue weighted by Gasteiger charge is 2.27. The van der Waals surface area contributed by atoms with E-state index in [2.05, 4.69) is 27.6 Å². The number of hydrogen-bond acceptors (Lipinski definition) is 2. The van der Waals surface area contributed by atoms with Gasteiger partial charge in [-0.2, -0.15) is 12.7 Å². The van der Waals surface area contributed by atoms with E-state index in [1.807, 2.05) is 26.0 Å². The number of halogens is 1. The Labute approximate surface area is 129 Å². The van der Waals surface area contributed by atoms with Crippen molar-refractivity contribution in [3.63, 3.8) is 0 Å². The molecule has 20 heavy (non-hydrogen) atoms. The summed E-state index contributed by atoms with van der Waals surface area (Å²) in [5.74, 6) is 0.419. The van der Waals surface area contributed by atoms with Crippen LogP contribution in [0.15, 0.2) is 16.6 Å². The summed E-state index contributed by atoms with van der Waals surface area (Å²) in [4.78, 5) is 0. The maximum atomic E-state index is 12.5. The van der Waals surface area contributed by atoms with Crippen molar-refractivity contribution in [3.05, 3.63) is 27.7 Å². The van der Waals surface area contributed by atoms with E-state index in [9.17, 15) is 8.42 Å². The number of hydrogen-bond donors (Lipinski definition) is 1. The molecule has 0 spiro atoms. The van der Waals surface area contributed by atoms with Crippen molar-refractivity contribution in [3.8, 4) is 0 Å². The van der Waals surface area contributed by atoms with Crippen LogP contribution in [-0.4, -0.2) is 25.8 Å². The molecule has 2 rings (SSSR count). The van der Waals surface area contributed by atoms with Crippen LogP contribution in [0.25, 0.3) is 0 Å². The van der Waals surface area contributed by atoms with Gasteiger partial charge in [0, 0.05) is 17.6 Å². The summed E-state index contributed by atoms with van der Waals surface area (Å²) in [6, 6.07) is 3.89. The fourth-order valence-electron chi connectivity index (χ4n) is 2.60. The summed E-state index contributed by atoms with van der Waals surface area (Å²) < 4.78 is 30.0. The molecule has 0 aliphatic carbocycles. The predicted octanol–water partition coefficient (Wildman–Crippen LogP) is 3.45. The van der Waals surface area contributed by atoms with Gasteiger partial charge in [0.2, 0.25) is 0 Å². The van der Waals surface area contributed by atoms with Crippen LogP contribution in [0, 0.1) is 19.8 Å². The third-order valence-corrected chi connectivity index (χ3v) is 5.72. The number of anilines is 1. The van der Waals surface area contributed by atoms with Gasteiger partial charge in [-0.15, -0.1) is 0 Å². The Morgan fingerprint density at radius 1 is 1.35 bits per heavy atom. The lowest BCUT2D eigenvalue weighted by molar-refractivity contribution is 0.282. The molecule has 0 saturated carbocycles. The number of nitrogens with one attached hydrogen (secondary N) is 1. The van der Waals surface area contributed by atoms with Gasteiger partial charge in [-0.05, 0) is 65.7 Å². The van der Waals surface area contributed by atoms with Crippen LogP contribution in [0.2, 0.25) is 0 Å². The molecule has 112 valence electrons. The first-order valence-corrected chi connectivity index (χ1v) is 9.07. The number of nitrogens with zero attached hydrogens (tertiary/aromatic N) is 1. The number of benzene rings is 1. The summed E-state index contributed by atoms with van der Waals surface area (Å²) in [6.45, 7) is 7.19. The molecule has 4 nitrogen and oxygen atoms in total. The molecule has 1 unspecified atom stereocenters. The third-order valence-electron chi connectivity index (χ3n) is 3.62. The van der Waals surface area contributed by atoms with E-state index in [0.717, 1.165) is 28.4 Å². The van der Waals surface area contributed by atoms with Crippen molar-refractivity contribution in [1.82, 2.24) is 4.31 Å². The molecule has 1 fully saturated rings. The molecular formula is C14H21BrN2O2S. The maximum Gasteiger partial charge on any atom is 0.301 e. The minimum absolute atomic E-state index is 0.419. The number of aryl methyl sites for hydroxylation is 2. The van der Waals surface area contributed by atoms with E-state index in [1.54, 1.807) is 4.31 Å². The van der Waals surface area contributed by atoms with Gasteiger partial charge in [0.25, 0.3) is 0 Å². The van der Waals surface area contributed by atoms with Crippen molar-refractivity contribution in [2.75, 3.05) is 17.8 Å². The first-order valence-electron chi connectivity index (χ1n) is 6.84. The maximum absolute atomic E-state index is 12.5. The molecule has 0 bridgehead atoms. The molecule has 1 aromatic carbocycles. The van der Waals surface area contributed by atoms with E-state index in [4.69, 9.17) is 0 Å². The van der Waals surface area contributed by atoms with E-state index < -0.39 is 10.2 Å². The molecule has 0 aromatic heterocycles. The van der Waals surface area contributed by atoms with Crippen LogP contribution >= 0.6 is 15.9 Å². The zero-order valence-corrected chi connectivity index (χ0v) is 14.5. The van der Waals surface area contributed by atoms with Crippen molar-refractivity contribution in [1.29, 1.82) is 0 Å². The van der Waals surface area contributed by atoms with Crippen molar-refractivity contribution >= 4 is 31.8 Å². The van der Waals surface area contributed by atoms with Crippen LogP contribution in [0.3, 0.4) is 0 Å². The molecule has 0 radical (unpaired) electrons. The van der Waals surface area contributed by atoms with Gasteiger partial charge < -0.3 is 0 Å². The van der Waals surface area contributed by atoms with Gasteiger partial charge in [-0.3, -0.25) is 4.72 Å². The lowest BCUT2D eigenvalue weighted by atomic mass is 10.0. The summed E-state index contributed by atoms with van der Waals surface area (Å²) in [5.41, 5.74) is 2.66. The van der Waals surface area contributed by atoms with Gasteiger partial charge >= 0.3 is 10.2 Å². The minimum Gasteiger partial charge on any atom is -0.269 e. The Kier molecular flexibility index (Phi) is 4.76. The normalized spacial score (nSPS) is 20.9. The molecule has 1 aliphatic rings. The molecule has 0 amide bonds. The highest BCUT2D eigenvalue weighted by atomic mass is 79.9. The van der Waals surface area contributed by atoms with E-state index in [1.165, 1.54) is 0 Å². The molecular weight excluding hydrogens is 340 g/mol. The Morgan fingerprint density at radius 3 is 2.65 bits per heavy atom. The summed E-state index contributed by atoms with van der Waals surface area (Å²) >= 11 is 3.44. The highest BCUT2D eigenvalue weighted by molar-refractivity contribution is 9.10. The molecule has 1 aliphatic heterocycles. The van der Waals surface area contributed by atoms with Crippen LogP contribution in [0.5, 0.6) is 0 Å². The van der Waals surface area contributed by atoms with Crippen molar-refractivity contribution in [2.45, 2.75) is 33.6 Å². The smallest absolute Gasteiger partial charge is 0.269 e. The van der Waals surface area contributed by atoms with E-state index >= 15 is 0 Å². The van der Waals surface area contributed by atoms with Crippen molar-refractivity contribution < 1.29 is 8.42 Å². The Hall–Kier alpha value is -0.590. The second-order valence-corrected chi connectivity index (χ2v) is 8.18. The van der Waals surface area contributed by atoms with Crippen LogP contribution < -0.4 is 4.72 Å². The lowest BCUT2D eigenvalue weighted by Gasteiger charge is -2.30. The molecule has 1 heterocycles. The van der Waals surface area contributed by atoms with Crippen LogP contribution in [-0.2, 0) is 10.2 Å². The second kappa shape index (κ2) is 6.03.